The third kappa shape index (κ3) is 6.90. The molecule has 0 spiro atoms. The van der Waals surface area contributed by atoms with Gasteiger partial charge in [0, 0.05) is 36.4 Å². The number of nitrogens with zero attached hydrogens (tertiary/aromatic N) is 1. The number of hydrogen-bond acceptors (Lipinski definition) is 4. The average molecular weight is 393 g/mol. The van der Waals surface area contributed by atoms with E-state index in [0.717, 1.165) is 18.7 Å². The summed E-state index contributed by atoms with van der Waals surface area (Å²) in [5.74, 6) is -1.68. The van der Waals surface area contributed by atoms with Gasteiger partial charge in [0.2, 0.25) is 0 Å². The Morgan fingerprint density at radius 1 is 1.15 bits per heavy atom. The van der Waals surface area contributed by atoms with Crippen molar-refractivity contribution in [1.29, 1.82) is 0 Å². The molecule has 0 aliphatic heterocycles. The highest BCUT2D eigenvalue weighted by molar-refractivity contribution is 6.31. The van der Waals surface area contributed by atoms with E-state index in [9.17, 15) is 14.0 Å². The third-order valence-corrected chi connectivity index (χ3v) is 4.29. The van der Waals surface area contributed by atoms with Crippen molar-refractivity contribution >= 4 is 29.2 Å². The number of halogens is 2. The molecule has 1 N–H and O–H groups in total. The van der Waals surface area contributed by atoms with Crippen molar-refractivity contribution in [2.24, 2.45) is 0 Å². The Balaban J connectivity index is 1.64. The van der Waals surface area contributed by atoms with E-state index < -0.39 is 24.3 Å². The molecule has 2 aromatic rings. The van der Waals surface area contributed by atoms with Crippen molar-refractivity contribution in [2.45, 2.75) is 12.8 Å². The SMILES string of the molecule is CN(CCCNC(=O)COC(=O)Cc1c(F)cccc1Cl)c1ccccc1. The maximum Gasteiger partial charge on any atom is 0.310 e. The van der Waals surface area contributed by atoms with Gasteiger partial charge in [0.25, 0.3) is 5.91 Å². The number of ether oxygens (including phenoxy) is 1. The van der Waals surface area contributed by atoms with Crippen LogP contribution in [0.5, 0.6) is 0 Å². The van der Waals surface area contributed by atoms with Crippen LogP contribution in [0, 0.1) is 5.82 Å². The molecule has 0 bridgehead atoms. The smallest absolute Gasteiger partial charge is 0.310 e. The molecule has 0 saturated heterocycles. The van der Waals surface area contributed by atoms with Gasteiger partial charge in [-0.05, 0) is 30.7 Å². The van der Waals surface area contributed by atoms with Gasteiger partial charge in [-0.3, -0.25) is 9.59 Å². The number of anilines is 1. The number of amides is 1. The van der Waals surface area contributed by atoms with E-state index in [1.165, 1.54) is 18.2 Å². The summed E-state index contributed by atoms with van der Waals surface area (Å²) < 4.78 is 18.5. The van der Waals surface area contributed by atoms with Crippen LogP contribution in [0.1, 0.15) is 12.0 Å². The molecule has 0 aromatic heterocycles. The molecular formula is C20H22ClFN2O3. The van der Waals surface area contributed by atoms with Crippen LogP contribution in [0.3, 0.4) is 0 Å². The molecule has 0 atom stereocenters. The normalized spacial score (nSPS) is 10.3. The maximum atomic E-state index is 13.6. The molecule has 2 aromatic carbocycles. The molecule has 0 radical (unpaired) electrons. The summed E-state index contributed by atoms with van der Waals surface area (Å²) in [5, 5.41) is 2.84. The number of carbonyl (C=O) groups excluding carboxylic acids is 2. The van der Waals surface area contributed by atoms with Crippen LogP contribution in [0.15, 0.2) is 48.5 Å². The second-order valence-electron chi connectivity index (χ2n) is 6.00. The third-order valence-electron chi connectivity index (χ3n) is 3.94. The van der Waals surface area contributed by atoms with Crippen LogP contribution < -0.4 is 10.2 Å². The van der Waals surface area contributed by atoms with Crippen LogP contribution >= 0.6 is 11.6 Å². The average Bonchev–Trinajstić information content (AvgIpc) is 2.67. The van der Waals surface area contributed by atoms with E-state index in [0.29, 0.717) is 6.54 Å². The van der Waals surface area contributed by atoms with Crippen molar-refractivity contribution in [1.82, 2.24) is 5.32 Å². The van der Waals surface area contributed by atoms with Crippen molar-refractivity contribution < 1.29 is 18.7 Å². The van der Waals surface area contributed by atoms with Gasteiger partial charge < -0.3 is 15.0 Å². The van der Waals surface area contributed by atoms with E-state index >= 15 is 0 Å². The molecule has 2 rings (SSSR count). The Hall–Kier alpha value is -2.60. The number of para-hydroxylation sites is 1. The van der Waals surface area contributed by atoms with Crippen LogP contribution in [0.4, 0.5) is 10.1 Å². The first-order chi connectivity index (χ1) is 13.0. The fraction of sp³-hybridized carbons (Fsp3) is 0.300. The summed E-state index contributed by atoms with van der Waals surface area (Å²) in [6.45, 7) is 0.835. The molecule has 0 aliphatic carbocycles. The van der Waals surface area contributed by atoms with E-state index in [1.807, 2.05) is 37.4 Å². The van der Waals surface area contributed by atoms with Gasteiger partial charge in [-0.1, -0.05) is 35.9 Å². The minimum absolute atomic E-state index is 0.0634. The largest absolute Gasteiger partial charge is 0.455 e. The van der Waals surface area contributed by atoms with Gasteiger partial charge in [0.15, 0.2) is 6.61 Å². The topological polar surface area (TPSA) is 58.6 Å². The Labute approximate surface area is 163 Å². The fourth-order valence-electron chi connectivity index (χ4n) is 2.45. The van der Waals surface area contributed by atoms with E-state index in [1.54, 1.807) is 0 Å². The molecule has 0 aliphatic rings. The zero-order valence-corrected chi connectivity index (χ0v) is 15.8. The molecule has 1 amide bonds. The minimum Gasteiger partial charge on any atom is -0.455 e. The van der Waals surface area contributed by atoms with Crippen LogP contribution in [-0.4, -0.2) is 38.6 Å². The molecule has 0 heterocycles. The Morgan fingerprint density at radius 3 is 2.59 bits per heavy atom. The number of benzene rings is 2. The predicted octanol–water partition coefficient (Wildman–Crippen LogP) is 3.21. The Morgan fingerprint density at radius 2 is 1.89 bits per heavy atom. The minimum atomic E-state index is -0.707. The highest BCUT2D eigenvalue weighted by Crippen LogP contribution is 2.19. The molecule has 27 heavy (non-hydrogen) atoms. The molecular weight excluding hydrogens is 371 g/mol. The summed E-state index contributed by atoms with van der Waals surface area (Å²) in [6, 6.07) is 14.1. The van der Waals surface area contributed by atoms with E-state index in [4.69, 9.17) is 16.3 Å². The second kappa shape index (κ2) is 10.5. The summed E-state index contributed by atoms with van der Waals surface area (Å²) in [6.07, 6.45) is 0.427. The summed E-state index contributed by atoms with van der Waals surface area (Å²) in [7, 11) is 1.98. The van der Waals surface area contributed by atoms with Gasteiger partial charge in [0.05, 0.1) is 6.42 Å². The van der Waals surface area contributed by atoms with Gasteiger partial charge >= 0.3 is 5.97 Å². The molecule has 7 heteroatoms. The zero-order valence-electron chi connectivity index (χ0n) is 15.1. The molecule has 0 unspecified atom stereocenters. The first-order valence-corrected chi connectivity index (χ1v) is 8.96. The summed E-state index contributed by atoms with van der Waals surface area (Å²) in [4.78, 5) is 25.6. The monoisotopic (exact) mass is 392 g/mol. The lowest BCUT2D eigenvalue weighted by atomic mass is 10.1. The lowest BCUT2D eigenvalue weighted by Crippen LogP contribution is -2.31. The zero-order chi connectivity index (χ0) is 19.6. The lowest BCUT2D eigenvalue weighted by Gasteiger charge is -2.19. The predicted molar refractivity (Wildman–Crippen MR) is 103 cm³/mol. The van der Waals surface area contributed by atoms with E-state index in [2.05, 4.69) is 10.2 Å². The van der Waals surface area contributed by atoms with Gasteiger partial charge in [-0.2, -0.15) is 0 Å². The molecule has 0 fully saturated rings. The number of hydrogen-bond donors (Lipinski definition) is 1. The second-order valence-corrected chi connectivity index (χ2v) is 6.41. The first kappa shape index (κ1) is 20.7. The van der Waals surface area contributed by atoms with Crippen LogP contribution in [0.2, 0.25) is 5.02 Å². The first-order valence-electron chi connectivity index (χ1n) is 8.58. The van der Waals surface area contributed by atoms with Crippen molar-refractivity contribution in [3.8, 4) is 0 Å². The van der Waals surface area contributed by atoms with Gasteiger partial charge in [-0.25, -0.2) is 4.39 Å². The number of esters is 1. The number of rotatable bonds is 9. The summed E-state index contributed by atoms with van der Waals surface area (Å²) >= 11 is 5.86. The fourth-order valence-corrected chi connectivity index (χ4v) is 2.68. The van der Waals surface area contributed by atoms with Crippen molar-refractivity contribution in [3.05, 3.63) is 64.9 Å². The van der Waals surface area contributed by atoms with Crippen molar-refractivity contribution in [3.63, 3.8) is 0 Å². The number of nitrogens with one attached hydrogen (secondary N) is 1. The molecule has 0 saturated carbocycles. The Bertz CT molecular complexity index is 751. The van der Waals surface area contributed by atoms with Gasteiger partial charge in [-0.15, -0.1) is 0 Å². The lowest BCUT2D eigenvalue weighted by molar-refractivity contribution is -0.147. The Kier molecular flexibility index (Phi) is 8.07. The highest BCUT2D eigenvalue weighted by Gasteiger charge is 2.14. The standard InChI is InChI=1S/C20H22ClFN2O3/c1-24(15-7-3-2-4-8-15)12-6-11-23-19(25)14-27-20(26)13-16-17(21)9-5-10-18(16)22/h2-5,7-10H,6,11-14H2,1H3,(H,23,25). The van der Waals surface area contributed by atoms with Gasteiger partial charge in [0.1, 0.15) is 5.82 Å². The molecule has 5 nitrogen and oxygen atoms in total. The highest BCUT2D eigenvalue weighted by atomic mass is 35.5. The maximum absolute atomic E-state index is 13.6. The number of carbonyl (C=O) groups is 2. The van der Waals surface area contributed by atoms with Crippen molar-refractivity contribution in [2.75, 3.05) is 31.6 Å². The van der Waals surface area contributed by atoms with E-state index in [-0.39, 0.29) is 17.0 Å². The molecule has 144 valence electrons. The summed E-state index contributed by atoms with van der Waals surface area (Å²) in [5.41, 5.74) is 1.16. The van der Waals surface area contributed by atoms with Crippen LogP contribution in [-0.2, 0) is 20.7 Å². The quantitative estimate of drug-likeness (QED) is 0.526. The van der Waals surface area contributed by atoms with Crippen LogP contribution in [0.25, 0.3) is 0 Å².